The van der Waals surface area contributed by atoms with Crippen molar-refractivity contribution in [3.8, 4) is 5.75 Å². The Kier molecular flexibility index (Phi) is 5.69. The first kappa shape index (κ1) is 13.7. The van der Waals surface area contributed by atoms with Gasteiger partial charge in [0.25, 0.3) is 0 Å². The number of aryl methyl sites for hydroxylation is 1. The van der Waals surface area contributed by atoms with Crippen LogP contribution in [0.2, 0.25) is 0 Å². The highest BCUT2D eigenvalue weighted by atomic mass is 32.2. The van der Waals surface area contributed by atoms with E-state index in [1.54, 1.807) is 7.11 Å². The fourth-order valence-corrected chi connectivity index (χ4v) is 2.40. The molecule has 0 radical (unpaired) electrons. The maximum Gasteiger partial charge on any atom is 0.304 e. The van der Waals surface area contributed by atoms with Crippen LogP contribution in [-0.4, -0.2) is 33.9 Å². The normalized spacial score (nSPS) is 12.1. The van der Waals surface area contributed by atoms with Gasteiger partial charge in [-0.3, -0.25) is 9.00 Å². The number of carbonyl (C=O) groups is 1. The summed E-state index contributed by atoms with van der Waals surface area (Å²) >= 11 is 0. The number of carboxylic acid groups (broad SMARTS) is 1. The maximum atomic E-state index is 11.5. The van der Waals surface area contributed by atoms with Gasteiger partial charge in [0.15, 0.2) is 0 Å². The van der Waals surface area contributed by atoms with E-state index >= 15 is 0 Å². The zero-order valence-corrected chi connectivity index (χ0v) is 10.5. The van der Waals surface area contributed by atoms with Gasteiger partial charge in [0.05, 0.1) is 13.5 Å². The zero-order chi connectivity index (χ0) is 12.7. The molecule has 0 aliphatic rings. The highest BCUT2D eigenvalue weighted by Crippen LogP contribution is 2.11. The second kappa shape index (κ2) is 7.06. The Bertz CT molecular complexity index is 386. The molecule has 1 aromatic rings. The third kappa shape index (κ3) is 5.49. The molecule has 0 heterocycles. The largest absolute Gasteiger partial charge is 0.497 e. The van der Waals surface area contributed by atoms with E-state index in [0.29, 0.717) is 12.2 Å². The van der Waals surface area contributed by atoms with Crippen molar-refractivity contribution in [3.63, 3.8) is 0 Å². The third-order valence-corrected chi connectivity index (χ3v) is 3.64. The minimum atomic E-state index is -1.06. The summed E-state index contributed by atoms with van der Waals surface area (Å²) in [6.07, 6.45) is 0.658. The SMILES string of the molecule is COc1ccc(CCS(=O)CCC(=O)O)cc1. The molecule has 1 unspecified atom stereocenters. The molecule has 5 heteroatoms. The lowest BCUT2D eigenvalue weighted by molar-refractivity contribution is -0.136. The van der Waals surface area contributed by atoms with Crippen molar-refractivity contribution in [2.24, 2.45) is 0 Å². The number of hydrogen-bond acceptors (Lipinski definition) is 3. The lowest BCUT2D eigenvalue weighted by Crippen LogP contribution is -2.09. The van der Waals surface area contributed by atoms with Crippen LogP contribution in [-0.2, 0) is 22.0 Å². The van der Waals surface area contributed by atoms with E-state index in [1.807, 2.05) is 24.3 Å². The van der Waals surface area contributed by atoms with Crippen molar-refractivity contribution in [1.82, 2.24) is 0 Å². The van der Waals surface area contributed by atoms with E-state index in [4.69, 9.17) is 9.84 Å². The van der Waals surface area contributed by atoms with Crippen LogP contribution in [0.25, 0.3) is 0 Å². The van der Waals surface area contributed by atoms with Crippen LogP contribution in [0.1, 0.15) is 12.0 Å². The molecular formula is C12H16O4S. The van der Waals surface area contributed by atoms with Crippen LogP contribution >= 0.6 is 0 Å². The van der Waals surface area contributed by atoms with Gasteiger partial charge in [0.2, 0.25) is 0 Å². The standard InChI is InChI=1S/C12H16O4S/c1-16-11-4-2-10(3-5-11)6-8-17(15)9-7-12(13)14/h2-5H,6-9H2,1H3,(H,13,14). The van der Waals surface area contributed by atoms with E-state index in [0.717, 1.165) is 11.3 Å². The smallest absolute Gasteiger partial charge is 0.304 e. The Morgan fingerprint density at radius 1 is 1.29 bits per heavy atom. The Morgan fingerprint density at radius 3 is 2.47 bits per heavy atom. The average Bonchev–Trinajstić information content (AvgIpc) is 2.34. The number of benzene rings is 1. The van der Waals surface area contributed by atoms with Gasteiger partial charge < -0.3 is 9.84 Å². The van der Waals surface area contributed by atoms with Gasteiger partial charge in [0.1, 0.15) is 5.75 Å². The van der Waals surface area contributed by atoms with E-state index in [1.165, 1.54) is 0 Å². The topological polar surface area (TPSA) is 63.6 Å². The first-order valence-electron chi connectivity index (χ1n) is 5.31. The van der Waals surface area contributed by atoms with E-state index < -0.39 is 16.8 Å². The van der Waals surface area contributed by atoms with Crippen molar-refractivity contribution in [2.45, 2.75) is 12.8 Å². The molecule has 94 valence electrons. The second-order valence-electron chi connectivity index (χ2n) is 3.59. The van der Waals surface area contributed by atoms with Gasteiger partial charge >= 0.3 is 5.97 Å². The molecular weight excluding hydrogens is 240 g/mol. The van der Waals surface area contributed by atoms with Gasteiger partial charge in [-0.2, -0.15) is 0 Å². The average molecular weight is 256 g/mol. The number of carboxylic acids is 1. The van der Waals surface area contributed by atoms with Crippen molar-refractivity contribution in [1.29, 1.82) is 0 Å². The molecule has 0 saturated carbocycles. The highest BCUT2D eigenvalue weighted by Gasteiger charge is 2.04. The van der Waals surface area contributed by atoms with Crippen molar-refractivity contribution >= 4 is 16.8 Å². The highest BCUT2D eigenvalue weighted by molar-refractivity contribution is 7.84. The number of rotatable bonds is 7. The number of hydrogen-bond donors (Lipinski definition) is 1. The monoisotopic (exact) mass is 256 g/mol. The fourth-order valence-electron chi connectivity index (χ4n) is 1.33. The lowest BCUT2D eigenvalue weighted by atomic mass is 10.2. The predicted octanol–water partition coefficient (Wildman–Crippen LogP) is 1.46. The Labute approximate surface area is 103 Å². The molecule has 0 spiro atoms. The Hall–Kier alpha value is -1.36. The van der Waals surface area contributed by atoms with E-state index in [2.05, 4.69) is 0 Å². The minimum absolute atomic E-state index is 0.0325. The van der Waals surface area contributed by atoms with Crippen molar-refractivity contribution in [3.05, 3.63) is 29.8 Å². The molecule has 1 aromatic carbocycles. The van der Waals surface area contributed by atoms with Crippen LogP contribution in [0.5, 0.6) is 5.75 Å². The van der Waals surface area contributed by atoms with E-state index in [9.17, 15) is 9.00 Å². The Balaban J connectivity index is 2.34. The quantitative estimate of drug-likeness (QED) is 0.802. The minimum Gasteiger partial charge on any atom is -0.497 e. The van der Waals surface area contributed by atoms with Crippen LogP contribution in [0, 0.1) is 0 Å². The Morgan fingerprint density at radius 2 is 1.94 bits per heavy atom. The second-order valence-corrected chi connectivity index (χ2v) is 5.29. The van der Waals surface area contributed by atoms with Gasteiger partial charge in [-0.1, -0.05) is 12.1 Å². The summed E-state index contributed by atoms with van der Waals surface area (Å²) in [6, 6.07) is 7.56. The van der Waals surface area contributed by atoms with Crippen LogP contribution in [0.4, 0.5) is 0 Å². The first-order valence-corrected chi connectivity index (χ1v) is 6.80. The molecule has 4 nitrogen and oxygen atoms in total. The molecule has 0 aromatic heterocycles. The predicted molar refractivity (Wildman–Crippen MR) is 66.8 cm³/mol. The van der Waals surface area contributed by atoms with Gasteiger partial charge in [-0.25, -0.2) is 0 Å². The molecule has 0 bridgehead atoms. The molecule has 1 rings (SSSR count). The van der Waals surface area contributed by atoms with E-state index in [-0.39, 0.29) is 12.2 Å². The molecule has 0 aliphatic carbocycles. The zero-order valence-electron chi connectivity index (χ0n) is 9.72. The number of methoxy groups -OCH3 is 1. The summed E-state index contributed by atoms with van der Waals surface area (Å²) in [5.41, 5.74) is 1.08. The van der Waals surface area contributed by atoms with Crippen LogP contribution in [0.3, 0.4) is 0 Å². The number of aliphatic carboxylic acids is 1. The first-order chi connectivity index (χ1) is 8.11. The summed E-state index contributed by atoms with van der Waals surface area (Å²) in [7, 11) is 0.547. The number of ether oxygens (including phenoxy) is 1. The molecule has 0 aliphatic heterocycles. The van der Waals surface area contributed by atoms with Gasteiger partial charge in [-0.15, -0.1) is 0 Å². The summed E-state index contributed by atoms with van der Waals surface area (Å²) < 4.78 is 16.5. The fraction of sp³-hybridized carbons (Fsp3) is 0.417. The summed E-state index contributed by atoms with van der Waals surface area (Å²) in [5, 5.41) is 8.46. The molecule has 0 amide bonds. The van der Waals surface area contributed by atoms with Crippen LogP contribution < -0.4 is 4.74 Å². The molecule has 17 heavy (non-hydrogen) atoms. The molecule has 0 saturated heterocycles. The molecule has 0 fully saturated rings. The van der Waals surface area contributed by atoms with Crippen LogP contribution in [0.15, 0.2) is 24.3 Å². The van der Waals surface area contributed by atoms with Crippen molar-refractivity contribution < 1.29 is 18.8 Å². The molecule has 1 N–H and O–H groups in total. The maximum absolute atomic E-state index is 11.5. The van der Waals surface area contributed by atoms with Crippen molar-refractivity contribution in [2.75, 3.05) is 18.6 Å². The summed E-state index contributed by atoms with van der Waals surface area (Å²) in [5.74, 6) is 0.619. The molecule has 1 atom stereocenters. The van der Waals surface area contributed by atoms with Gasteiger partial charge in [0, 0.05) is 22.3 Å². The third-order valence-electron chi connectivity index (χ3n) is 2.32. The lowest BCUT2D eigenvalue weighted by Gasteiger charge is -2.03. The van der Waals surface area contributed by atoms with Gasteiger partial charge in [-0.05, 0) is 24.1 Å². The summed E-state index contributed by atoms with van der Waals surface area (Å²) in [6.45, 7) is 0. The summed E-state index contributed by atoms with van der Waals surface area (Å²) in [4.78, 5) is 10.3.